The molecule has 0 saturated carbocycles. The third-order valence-electron chi connectivity index (χ3n) is 3.43. The molecule has 6 heteroatoms. The van der Waals surface area contributed by atoms with Crippen LogP contribution in [0.4, 0.5) is 0 Å². The number of pyridine rings is 1. The number of amides is 2. The monoisotopic (exact) mass is 306 g/mol. The lowest BCUT2D eigenvalue weighted by Gasteiger charge is -2.17. The molecule has 0 aliphatic rings. The fourth-order valence-electron chi connectivity index (χ4n) is 2.08. The molecule has 0 aliphatic carbocycles. The number of rotatable bonds is 9. The summed E-state index contributed by atoms with van der Waals surface area (Å²) in [5.74, 6) is -0.223. The van der Waals surface area contributed by atoms with Gasteiger partial charge in [0, 0.05) is 25.2 Å². The number of hydrogen-bond acceptors (Lipinski definition) is 4. The molecule has 22 heavy (non-hydrogen) atoms. The van der Waals surface area contributed by atoms with Gasteiger partial charge in [-0.05, 0) is 38.2 Å². The number of aromatic nitrogens is 1. The van der Waals surface area contributed by atoms with Crippen LogP contribution in [-0.4, -0.2) is 47.9 Å². The molecule has 0 spiro atoms. The van der Waals surface area contributed by atoms with Gasteiger partial charge in [-0.25, -0.2) is 0 Å². The Labute approximate surface area is 132 Å². The smallest absolute Gasteiger partial charge is 0.251 e. The fraction of sp³-hybridized carbons (Fsp3) is 0.562. The molecule has 0 radical (unpaired) electrons. The molecule has 0 bridgehead atoms. The second kappa shape index (κ2) is 9.89. The minimum Gasteiger partial charge on any atom is -0.352 e. The molecule has 2 N–H and O–H groups in total. The lowest BCUT2D eigenvalue weighted by molar-refractivity contribution is -0.119. The van der Waals surface area contributed by atoms with Gasteiger partial charge in [-0.2, -0.15) is 0 Å². The van der Waals surface area contributed by atoms with E-state index in [9.17, 15) is 9.59 Å². The van der Waals surface area contributed by atoms with E-state index < -0.39 is 0 Å². The molecule has 0 atom stereocenters. The lowest BCUT2D eigenvalue weighted by atomic mass is 10.2. The molecule has 6 nitrogen and oxygen atoms in total. The number of carbonyl (C=O) groups is 2. The summed E-state index contributed by atoms with van der Waals surface area (Å²) >= 11 is 0. The van der Waals surface area contributed by atoms with Crippen molar-refractivity contribution in [2.45, 2.75) is 33.7 Å². The minimum atomic E-state index is -0.118. The quantitative estimate of drug-likeness (QED) is 0.672. The maximum Gasteiger partial charge on any atom is 0.251 e. The van der Waals surface area contributed by atoms with Gasteiger partial charge >= 0.3 is 0 Å². The highest BCUT2D eigenvalue weighted by Crippen LogP contribution is 2.02. The molecule has 122 valence electrons. The Morgan fingerprint density at radius 1 is 1.23 bits per heavy atom. The highest BCUT2D eigenvalue weighted by molar-refractivity contribution is 5.94. The third-order valence-corrected chi connectivity index (χ3v) is 3.43. The Hall–Kier alpha value is -1.95. The van der Waals surface area contributed by atoms with Crippen LogP contribution in [0.5, 0.6) is 0 Å². The van der Waals surface area contributed by atoms with Gasteiger partial charge in [-0.1, -0.05) is 13.8 Å². The van der Waals surface area contributed by atoms with Crippen LogP contribution in [0.15, 0.2) is 18.3 Å². The maximum atomic E-state index is 12.1. The Bertz CT molecular complexity index is 487. The molecule has 0 aliphatic heterocycles. The van der Waals surface area contributed by atoms with E-state index in [1.165, 1.54) is 6.92 Å². The van der Waals surface area contributed by atoms with Crippen molar-refractivity contribution in [2.75, 3.05) is 26.2 Å². The highest BCUT2D eigenvalue weighted by atomic mass is 16.2. The topological polar surface area (TPSA) is 74.3 Å². The SMILES string of the molecule is CCN(CC)CCCNC(=O)c1ccnc(CNC(C)=O)c1. The van der Waals surface area contributed by atoms with Crippen LogP contribution in [0.1, 0.15) is 43.2 Å². The van der Waals surface area contributed by atoms with E-state index in [-0.39, 0.29) is 11.8 Å². The van der Waals surface area contributed by atoms with E-state index >= 15 is 0 Å². The van der Waals surface area contributed by atoms with E-state index in [0.717, 1.165) is 26.1 Å². The zero-order valence-electron chi connectivity index (χ0n) is 13.7. The fourth-order valence-corrected chi connectivity index (χ4v) is 2.08. The molecule has 0 fully saturated rings. The summed E-state index contributed by atoms with van der Waals surface area (Å²) in [6.07, 6.45) is 2.51. The predicted molar refractivity (Wildman–Crippen MR) is 86.5 cm³/mol. The normalized spacial score (nSPS) is 10.5. The Morgan fingerprint density at radius 2 is 1.95 bits per heavy atom. The predicted octanol–water partition coefficient (Wildman–Crippen LogP) is 1.18. The molecular weight excluding hydrogens is 280 g/mol. The molecule has 1 aromatic rings. The lowest BCUT2D eigenvalue weighted by Crippen LogP contribution is -2.30. The van der Waals surface area contributed by atoms with Crippen LogP contribution < -0.4 is 10.6 Å². The van der Waals surface area contributed by atoms with Crippen molar-refractivity contribution in [3.63, 3.8) is 0 Å². The Kier molecular flexibility index (Phi) is 8.14. The second-order valence-electron chi connectivity index (χ2n) is 5.08. The first-order valence-corrected chi connectivity index (χ1v) is 7.76. The molecule has 1 aromatic heterocycles. The van der Waals surface area contributed by atoms with Gasteiger partial charge in [0.25, 0.3) is 5.91 Å². The minimum absolute atomic E-state index is 0.106. The molecule has 0 unspecified atom stereocenters. The van der Waals surface area contributed by atoms with Crippen LogP contribution in [0.25, 0.3) is 0 Å². The van der Waals surface area contributed by atoms with Gasteiger partial charge in [0.2, 0.25) is 5.91 Å². The summed E-state index contributed by atoms with van der Waals surface area (Å²) in [5, 5.41) is 5.58. The van der Waals surface area contributed by atoms with Crippen molar-refractivity contribution >= 4 is 11.8 Å². The molecule has 1 heterocycles. The van der Waals surface area contributed by atoms with Gasteiger partial charge < -0.3 is 15.5 Å². The van der Waals surface area contributed by atoms with Crippen molar-refractivity contribution < 1.29 is 9.59 Å². The average Bonchev–Trinajstić information content (AvgIpc) is 2.53. The summed E-state index contributed by atoms with van der Waals surface area (Å²) in [6.45, 7) is 9.74. The molecular formula is C16H26N4O2. The summed E-state index contributed by atoms with van der Waals surface area (Å²) in [7, 11) is 0. The number of carbonyl (C=O) groups excluding carboxylic acids is 2. The van der Waals surface area contributed by atoms with Crippen molar-refractivity contribution in [1.29, 1.82) is 0 Å². The average molecular weight is 306 g/mol. The molecule has 0 aromatic carbocycles. The highest BCUT2D eigenvalue weighted by Gasteiger charge is 2.07. The van der Waals surface area contributed by atoms with Crippen molar-refractivity contribution in [1.82, 2.24) is 20.5 Å². The first-order valence-electron chi connectivity index (χ1n) is 7.76. The van der Waals surface area contributed by atoms with E-state index in [1.54, 1.807) is 18.3 Å². The van der Waals surface area contributed by atoms with E-state index in [2.05, 4.69) is 34.4 Å². The van der Waals surface area contributed by atoms with Gasteiger partial charge in [-0.15, -0.1) is 0 Å². The van der Waals surface area contributed by atoms with Gasteiger partial charge in [-0.3, -0.25) is 14.6 Å². The molecule has 0 saturated heterocycles. The Balaban J connectivity index is 2.41. The zero-order chi connectivity index (χ0) is 16.4. The van der Waals surface area contributed by atoms with Crippen LogP contribution in [0.2, 0.25) is 0 Å². The van der Waals surface area contributed by atoms with Crippen LogP contribution in [0, 0.1) is 0 Å². The largest absolute Gasteiger partial charge is 0.352 e. The van der Waals surface area contributed by atoms with Crippen LogP contribution in [0.3, 0.4) is 0 Å². The van der Waals surface area contributed by atoms with Gasteiger partial charge in [0.05, 0.1) is 12.2 Å². The van der Waals surface area contributed by atoms with E-state index in [1.807, 2.05) is 0 Å². The number of nitrogens with zero attached hydrogens (tertiary/aromatic N) is 2. The van der Waals surface area contributed by atoms with Crippen molar-refractivity contribution in [3.8, 4) is 0 Å². The molecule has 1 rings (SSSR count). The summed E-state index contributed by atoms with van der Waals surface area (Å²) < 4.78 is 0. The third kappa shape index (κ3) is 6.67. The summed E-state index contributed by atoms with van der Waals surface area (Å²) in [4.78, 5) is 29.4. The van der Waals surface area contributed by atoms with Gasteiger partial charge in [0.15, 0.2) is 0 Å². The molecule has 2 amide bonds. The first kappa shape index (κ1) is 18.1. The van der Waals surface area contributed by atoms with Crippen LogP contribution >= 0.6 is 0 Å². The first-order chi connectivity index (χ1) is 10.6. The summed E-state index contributed by atoms with van der Waals surface area (Å²) in [5.41, 5.74) is 1.24. The van der Waals surface area contributed by atoms with Crippen LogP contribution in [-0.2, 0) is 11.3 Å². The zero-order valence-corrected chi connectivity index (χ0v) is 13.7. The van der Waals surface area contributed by atoms with Crippen molar-refractivity contribution in [2.24, 2.45) is 0 Å². The van der Waals surface area contributed by atoms with Gasteiger partial charge in [0.1, 0.15) is 0 Å². The van der Waals surface area contributed by atoms with E-state index in [0.29, 0.717) is 24.3 Å². The standard InChI is InChI=1S/C16H26N4O2/c1-4-20(5-2)10-6-8-18-16(22)14-7-9-17-15(11-14)12-19-13(3)21/h7,9,11H,4-6,8,10,12H2,1-3H3,(H,18,22)(H,19,21). The van der Waals surface area contributed by atoms with Crippen molar-refractivity contribution in [3.05, 3.63) is 29.6 Å². The Morgan fingerprint density at radius 3 is 2.59 bits per heavy atom. The number of nitrogens with one attached hydrogen (secondary N) is 2. The second-order valence-corrected chi connectivity index (χ2v) is 5.08. The number of hydrogen-bond donors (Lipinski definition) is 2. The summed E-state index contributed by atoms with van der Waals surface area (Å²) in [6, 6.07) is 3.38. The maximum absolute atomic E-state index is 12.1. The van der Waals surface area contributed by atoms with E-state index in [4.69, 9.17) is 0 Å².